The van der Waals surface area contributed by atoms with Crippen LogP contribution in [0.2, 0.25) is 39.3 Å². The first-order chi connectivity index (χ1) is 26.4. The molecule has 0 fully saturated rings. The highest BCUT2D eigenvalue weighted by Crippen LogP contribution is 2.33. The molecular formula is C43H38N8OSi3. The summed E-state index contributed by atoms with van der Waals surface area (Å²) in [6.45, 7) is 13.1. The lowest BCUT2D eigenvalue weighted by Crippen LogP contribution is -2.38. The van der Waals surface area contributed by atoms with E-state index in [-0.39, 0.29) is 0 Å². The predicted molar refractivity (Wildman–Crippen MR) is 224 cm³/mol. The monoisotopic (exact) mass is 766 g/mol. The Morgan fingerprint density at radius 3 is 1.56 bits per heavy atom. The van der Waals surface area contributed by atoms with Crippen molar-refractivity contribution < 1.29 is 4.42 Å². The molecule has 3 aliphatic heterocycles. The van der Waals surface area contributed by atoms with Gasteiger partial charge in [-0.25, -0.2) is 4.98 Å². The second kappa shape index (κ2) is 12.0. The quantitative estimate of drug-likeness (QED) is 0.168. The summed E-state index contributed by atoms with van der Waals surface area (Å²) in [6, 6.07) is 41.8. The van der Waals surface area contributed by atoms with Gasteiger partial charge in [-0.2, -0.15) is 0 Å². The van der Waals surface area contributed by atoms with E-state index in [0.29, 0.717) is 5.89 Å². The molecule has 7 aromatic rings. The van der Waals surface area contributed by atoms with Gasteiger partial charge in [-0.3, -0.25) is 27.9 Å². The van der Waals surface area contributed by atoms with Crippen LogP contribution in [-0.4, -0.2) is 30.2 Å². The smallest absolute Gasteiger partial charge is 0.298 e. The number of para-hydroxylation sites is 2. The first-order valence-electron chi connectivity index (χ1n) is 18.6. The Bertz CT molecular complexity index is 3110. The summed E-state index contributed by atoms with van der Waals surface area (Å²) in [6.07, 6.45) is 0. The van der Waals surface area contributed by atoms with Crippen molar-refractivity contribution in [2.24, 2.45) is 27.9 Å². The first-order valence-corrected chi connectivity index (χ1v) is 27.3. The summed E-state index contributed by atoms with van der Waals surface area (Å²) in [4.78, 5) is 7.03. The van der Waals surface area contributed by atoms with Crippen LogP contribution in [0.3, 0.4) is 0 Å². The van der Waals surface area contributed by atoms with Gasteiger partial charge in [0.1, 0.15) is 5.52 Å². The van der Waals surface area contributed by atoms with E-state index in [0.717, 1.165) is 88.1 Å². The topological polar surface area (TPSA) is 103 Å². The molecule has 1 aromatic heterocycles. The molecule has 55 heavy (non-hydrogen) atoms. The van der Waals surface area contributed by atoms with Crippen LogP contribution in [-0.2, 0) is 0 Å². The molecule has 0 atom stereocenters. The summed E-state index contributed by atoms with van der Waals surface area (Å²) in [7, 11) is -6.92. The molecule has 0 radical (unpaired) electrons. The molecule has 0 unspecified atom stereocenters. The van der Waals surface area contributed by atoms with Crippen molar-refractivity contribution in [1.29, 1.82) is 0 Å². The van der Waals surface area contributed by atoms with Crippen LogP contribution in [0.1, 0.15) is 0 Å². The first kappa shape index (κ1) is 33.6. The number of nitrogens with zero attached hydrogens (tertiary/aromatic N) is 8. The molecule has 4 heterocycles. The van der Waals surface area contributed by atoms with E-state index < -0.39 is 25.2 Å². The Hall–Kier alpha value is -5.96. The van der Waals surface area contributed by atoms with Gasteiger partial charge in [0.25, 0.3) is 25.2 Å². The molecule has 10 rings (SSSR count). The summed E-state index contributed by atoms with van der Waals surface area (Å²) >= 11 is 0. The van der Waals surface area contributed by atoms with Crippen LogP contribution in [0.15, 0.2) is 154 Å². The van der Waals surface area contributed by atoms with Gasteiger partial charge >= 0.3 is 0 Å². The third kappa shape index (κ3) is 5.75. The van der Waals surface area contributed by atoms with Gasteiger partial charge in [-0.1, -0.05) is 72.8 Å². The normalized spacial score (nSPS) is 16.4. The van der Waals surface area contributed by atoms with E-state index in [2.05, 4.69) is 135 Å². The van der Waals surface area contributed by atoms with E-state index >= 15 is 0 Å². The third-order valence-corrected chi connectivity index (χ3v) is 14.8. The number of benzene rings is 6. The molecule has 0 saturated carbocycles. The number of aromatic nitrogens is 1. The minimum Gasteiger partial charge on any atom is -0.436 e. The van der Waals surface area contributed by atoms with Crippen LogP contribution in [0.5, 0.6) is 0 Å². The Balaban J connectivity index is 1.20. The van der Waals surface area contributed by atoms with Gasteiger partial charge < -0.3 is 9.32 Å². The van der Waals surface area contributed by atoms with Crippen LogP contribution < -0.4 is 37.0 Å². The second-order valence-electron chi connectivity index (χ2n) is 15.7. The number of hydrogen-bond donors (Lipinski definition) is 0. The second-order valence-corrected chi connectivity index (χ2v) is 26.0. The lowest BCUT2D eigenvalue weighted by molar-refractivity contribution is 0.620. The fourth-order valence-electron chi connectivity index (χ4n) is 7.85. The molecule has 12 heteroatoms. The number of oxazole rings is 1. The largest absolute Gasteiger partial charge is 0.436 e. The van der Waals surface area contributed by atoms with Gasteiger partial charge in [0.2, 0.25) is 5.89 Å². The van der Waals surface area contributed by atoms with Crippen LogP contribution in [0.4, 0.5) is 17.1 Å². The molecule has 268 valence electrons. The van der Waals surface area contributed by atoms with E-state index in [1.807, 2.05) is 30.3 Å². The Labute approximate surface area is 320 Å². The number of rotatable bonds is 6. The summed E-state index contributed by atoms with van der Waals surface area (Å²) in [5.41, 5.74) is 9.68. The third-order valence-electron chi connectivity index (χ3n) is 10.1. The summed E-state index contributed by atoms with van der Waals surface area (Å²) in [5.74, 6) is 0.602. The van der Waals surface area contributed by atoms with E-state index in [4.69, 9.17) is 37.3 Å². The van der Waals surface area contributed by atoms with Gasteiger partial charge in [0.05, 0.1) is 49.2 Å². The molecule has 0 saturated heterocycles. The fourth-order valence-corrected chi connectivity index (χ4v) is 12.6. The van der Waals surface area contributed by atoms with Crippen molar-refractivity contribution in [1.82, 2.24) is 4.98 Å². The molecule has 0 aliphatic carbocycles. The summed E-state index contributed by atoms with van der Waals surface area (Å²) < 4.78 is 38.1. The van der Waals surface area contributed by atoms with Crippen LogP contribution in [0, 0.1) is 0 Å². The number of fused-ring (bicyclic) bond motifs is 4. The van der Waals surface area contributed by atoms with Crippen LogP contribution >= 0.6 is 0 Å². The van der Waals surface area contributed by atoms with Gasteiger partial charge in [0.15, 0.2) is 5.58 Å². The van der Waals surface area contributed by atoms with Crippen molar-refractivity contribution in [3.8, 4) is 33.7 Å². The average Bonchev–Trinajstić information content (AvgIpc) is 3.91. The SMILES string of the molecule is C[Si]1(C)N=c2cccc(N(c3ccc(-c4ccccc4)c4c3=N[Si](C)(C)N=4)c3ccc(-c4ccc(-c5nc6ccccc6o5)cc4)c4c3=N[Si](C)(C)N=4)c2=N1. The zero-order valence-electron chi connectivity index (χ0n) is 31.5. The Kier molecular flexibility index (Phi) is 7.34. The van der Waals surface area contributed by atoms with Crippen molar-refractivity contribution in [3.63, 3.8) is 0 Å². The van der Waals surface area contributed by atoms with Crippen molar-refractivity contribution in [2.75, 3.05) is 4.90 Å². The van der Waals surface area contributed by atoms with E-state index in [9.17, 15) is 0 Å². The maximum atomic E-state index is 6.08. The molecule has 0 N–H and O–H groups in total. The molecular weight excluding hydrogens is 729 g/mol. The zero-order valence-corrected chi connectivity index (χ0v) is 34.5. The predicted octanol–water partition coefficient (Wildman–Crippen LogP) is 7.16. The highest BCUT2D eigenvalue weighted by molar-refractivity contribution is 6.75. The molecule has 9 nitrogen and oxygen atoms in total. The molecule has 6 aromatic carbocycles. The summed E-state index contributed by atoms with van der Waals surface area (Å²) in [5, 5.41) is 5.47. The minimum atomic E-state index is -2.38. The van der Waals surface area contributed by atoms with Crippen LogP contribution in [0.25, 0.3) is 44.8 Å². The zero-order chi connectivity index (χ0) is 37.7. The molecule has 0 spiro atoms. The van der Waals surface area contributed by atoms with E-state index in [1.165, 1.54) is 0 Å². The number of anilines is 3. The molecule has 0 bridgehead atoms. The highest BCUT2D eigenvalue weighted by atomic mass is 28.4. The standard InChI is InChI=1S/C43H38N8OSi3/c1-53(2)45-33-16-12-17-34(40(33)48-53)51(35-25-23-30(27-13-8-7-9-14-27)38-41(35)49-54(3,4)46-38)36-26-24-31(39-42(36)50-55(5,6)47-39)28-19-21-29(22-20-28)43-44-32-15-10-11-18-37(32)52-43/h7-26H,1-6H3. The van der Waals surface area contributed by atoms with Gasteiger partial charge in [-0.05, 0) is 98.9 Å². The van der Waals surface area contributed by atoms with Crippen molar-refractivity contribution >= 4 is 53.4 Å². The van der Waals surface area contributed by atoms with Crippen molar-refractivity contribution in [3.05, 3.63) is 153 Å². The maximum absolute atomic E-state index is 6.08. The minimum absolute atomic E-state index is 0.602. The van der Waals surface area contributed by atoms with E-state index in [1.54, 1.807) is 0 Å². The molecule has 3 aliphatic rings. The highest BCUT2D eigenvalue weighted by Gasteiger charge is 2.33. The Morgan fingerprint density at radius 1 is 0.418 bits per heavy atom. The fraction of sp³-hybridized carbons (Fsp3) is 0.140. The molecule has 0 amide bonds. The number of hydrogen-bond acceptors (Lipinski definition) is 9. The Morgan fingerprint density at radius 2 is 0.927 bits per heavy atom. The maximum Gasteiger partial charge on any atom is 0.298 e. The average molecular weight is 767 g/mol. The lowest BCUT2D eigenvalue weighted by Gasteiger charge is -2.26. The van der Waals surface area contributed by atoms with Gasteiger partial charge in [0, 0.05) is 16.7 Å². The van der Waals surface area contributed by atoms with Gasteiger partial charge in [-0.15, -0.1) is 0 Å². The lowest BCUT2D eigenvalue weighted by atomic mass is 10.0. The van der Waals surface area contributed by atoms with Crippen molar-refractivity contribution in [2.45, 2.75) is 39.3 Å².